The van der Waals surface area contributed by atoms with Crippen molar-refractivity contribution in [3.63, 3.8) is 0 Å². The van der Waals surface area contributed by atoms with Crippen molar-refractivity contribution in [3.05, 3.63) is 64.7 Å². The Morgan fingerprint density at radius 1 is 1.08 bits per heavy atom. The van der Waals surface area contributed by atoms with Crippen LogP contribution in [0.3, 0.4) is 0 Å². The third-order valence-electron chi connectivity index (χ3n) is 4.67. The molecule has 6 heteroatoms. The Balaban J connectivity index is 1.82. The molecule has 0 heterocycles. The Hall–Kier alpha value is -2.18. The Kier molecular flexibility index (Phi) is 5.16. The van der Waals surface area contributed by atoms with Gasteiger partial charge >= 0.3 is 0 Å². The van der Waals surface area contributed by atoms with E-state index in [1.807, 2.05) is 38.1 Å². The van der Waals surface area contributed by atoms with Crippen LogP contribution in [-0.4, -0.2) is 20.4 Å². The summed E-state index contributed by atoms with van der Waals surface area (Å²) in [5.74, 6) is -0.276. The molecule has 0 spiro atoms. The molecule has 1 atom stereocenters. The molecule has 1 aliphatic carbocycles. The number of rotatable bonds is 6. The van der Waals surface area contributed by atoms with Gasteiger partial charge in [0, 0.05) is 11.6 Å². The summed E-state index contributed by atoms with van der Waals surface area (Å²) in [6, 6.07) is 12.4. The smallest absolute Gasteiger partial charge is 0.252 e. The lowest BCUT2D eigenvalue weighted by Gasteiger charge is -2.18. The summed E-state index contributed by atoms with van der Waals surface area (Å²) in [7, 11) is -3.59. The lowest BCUT2D eigenvalue weighted by Crippen LogP contribution is -2.29. The van der Waals surface area contributed by atoms with Gasteiger partial charge in [0.15, 0.2) is 0 Å². The predicted molar refractivity (Wildman–Crippen MR) is 102 cm³/mol. The number of nitrogens with one attached hydrogen (secondary N) is 2. The molecule has 1 saturated carbocycles. The van der Waals surface area contributed by atoms with Crippen molar-refractivity contribution in [1.29, 1.82) is 0 Å². The summed E-state index contributed by atoms with van der Waals surface area (Å²) in [4.78, 5) is 12.9. The van der Waals surface area contributed by atoms with E-state index in [0.29, 0.717) is 5.56 Å². The maximum Gasteiger partial charge on any atom is 0.252 e. The van der Waals surface area contributed by atoms with Gasteiger partial charge in [0.25, 0.3) is 5.91 Å². The molecule has 3 rings (SSSR count). The van der Waals surface area contributed by atoms with Gasteiger partial charge in [0.1, 0.15) is 0 Å². The summed E-state index contributed by atoms with van der Waals surface area (Å²) in [5, 5.41) is 2.97. The van der Waals surface area contributed by atoms with Gasteiger partial charge in [0.05, 0.1) is 10.9 Å². The topological polar surface area (TPSA) is 75.3 Å². The summed E-state index contributed by atoms with van der Waals surface area (Å²) in [5.41, 5.74) is 3.26. The summed E-state index contributed by atoms with van der Waals surface area (Å²) in [6.07, 6.45) is 1.73. The van der Waals surface area contributed by atoms with Gasteiger partial charge in [-0.25, -0.2) is 13.1 Å². The van der Waals surface area contributed by atoms with E-state index in [0.717, 1.165) is 29.5 Å². The quantitative estimate of drug-likeness (QED) is 0.817. The van der Waals surface area contributed by atoms with E-state index in [2.05, 4.69) is 10.0 Å². The van der Waals surface area contributed by atoms with E-state index in [-0.39, 0.29) is 22.9 Å². The van der Waals surface area contributed by atoms with Gasteiger partial charge in [-0.05, 0) is 62.4 Å². The molecular formula is C20H24N2O3S. The van der Waals surface area contributed by atoms with Gasteiger partial charge in [0.2, 0.25) is 10.0 Å². The fourth-order valence-electron chi connectivity index (χ4n) is 2.93. The van der Waals surface area contributed by atoms with Crippen molar-refractivity contribution in [2.45, 2.75) is 50.6 Å². The Bertz CT molecular complexity index is 934. The van der Waals surface area contributed by atoms with Crippen molar-refractivity contribution < 1.29 is 13.2 Å². The van der Waals surface area contributed by atoms with Gasteiger partial charge in [-0.2, -0.15) is 0 Å². The molecule has 0 radical (unpaired) electrons. The molecule has 138 valence electrons. The van der Waals surface area contributed by atoms with Gasteiger partial charge < -0.3 is 5.32 Å². The number of carbonyl (C=O) groups excluding carboxylic acids is 1. The monoisotopic (exact) mass is 372 g/mol. The lowest BCUT2D eigenvalue weighted by atomic mass is 10.0. The lowest BCUT2D eigenvalue weighted by molar-refractivity contribution is 0.0939. The minimum Gasteiger partial charge on any atom is -0.345 e. The molecule has 0 aromatic heterocycles. The molecule has 0 aliphatic heterocycles. The fourth-order valence-corrected chi connectivity index (χ4v) is 4.26. The maximum absolute atomic E-state index is 12.7. The molecule has 2 aromatic rings. The zero-order chi connectivity index (χ0) is 18.9. The predicted octanol–water partition coefficient (Wildman–Crippen LogP) is 3.24. The fraction of sp³-hybridized carbons (Fsp3) is 0.350. The highest BCUT2D eigenvalue weighted by molar-refractivity contribution is 7.89. The van der Waals surface area contributed by atoms with Crippen LogP contribution in [0.1, 0.15) is 52.9 Å². The highest BCUT2D eigenvalue weighted by Crippen LogP contribution is 2.24. The van der Waals surface area contributed by atoms with Crippen LogP contribution in [0.25, 0.3) is 0 Å². The van der Waals surface area contributed by atoms with E-state index in [9.17, 15) is 13.2 Å². The highest BCUT2D eigenvalue weighted by atomic mass is 32.2. The van der Waals surface area contributed by atoms with Gasteiger partial charge in [-0.15, -0.1) is 0 Å². The van der Waals surface area contributed by atoms with Gasteiger partial charge in [-0.1, -0.05) is 30.3 Å². The minimum absolute atomic E-state index is 0.0275. The maximum atomic E-state index is 12.7. The van der Waals surface area contributed by atoms with Gasteiger partial charge in [-0.3, -0.25) is 4.79 Å². The van der Waals surface area contributed by atoms with E-state index in [1.165, 1.54) is 6.07 Å². The van der Waals surface area contributed by atoms with E-state index < -0.39 is 10.0 Å². The number of carbonyl (C=O) groups is 1. The van der Waals surface area contributed by atoms with Crippen LogP contribution in [-0.2, 0) is 10.0 Å². The average molecular weight is 372 g/mol. The molecule has 1 amide bonds. The molecule has 0 bridgehead atoms. The van der Waals surface area contributed by atoms with E-state index in [1.54, 1.807) is 19.1 Å². The van der Waals surface area contributed by atoms with E-state index >= 15 is 0 Å². The zero-order valence-electron chi connectivity index (χ0n) is 15.2. The molecule has 1 unspecified atom stereocenters. The third-order valence-corrected chi connectivity index (χ3v) is 6.18. The van der Waals surface area contributed by atoms with Crippen LogP contribution in [0.5, 0.6) is 0 Å². The largest absolute Gasteiger partial charge is 0.345 e. The van der Waals surface area contributed by atoms with Crippen molar-refractivity contribution in [3.8, 4) is 0 Å². The van der Waals surface area contributed by atoms with Crippen molar-refractivity contribution >= 4 is 15.9 Å². The molecule has 26 heavy (non-hydrogen) atoms. The highest BCUT2D eigenvalue weighted by Gasteiger charge is 2.28. The summed E-state index contributed by atoms with van der Waals surface area (Å²) < 4.78 is 27.5. The Morgan fingerprint density at radius 2 is 1.77 bits per heavy atom. The number of sulfonamides is 1. The van der Waals surface area contributed by atoms with Crippen molar-refractivity contribution in [2.75, 3.05) is 0 Å². The molecule has 0 saturated heterocycles. The first-order chi connectivity index (χ1) is 12.3. The normalized spacial score (nSPS) is 15.5. The molecule has 1 fully saturated rings. The van der Waals surface area contributed by atoms with Crippen LogP contribution in [0.2, 0.25) is 0 Å². The molecule has 2 aromatic carbocycles. The second-order valence-corrected chi connectivity index (χ2v) is 8.64. The molecule has 1 aliphatic rings. The molecule has 2 N–H and O–H groups in total. The second kappa shape index (κ2) is 7.21. The first kappa shape index (κ1) is 18.6. The van der Waals surface area contributed by atoms with Crippen LogP contribution in [0.15, 0.2) is 47.4 Å². The zero-order valence-corrected chi connectivity index (χ0v) is 16.1. The van der Waals surface area contributed by atoms with Crippen LogP contribution in [0, 0.1) is 13.8 Å². The summed E-state index contributed by atoms with van der Waals surface area (Å²) in [6.45, 7) is 5.73. The standard InChI is InChI=1S/C20H24N2O3S/c1-13-6-4-5-7-18(13)15(3)21-20(23)19-12-17(11-8-14(19)2)26(24,25)22-16-9-10-16/h4-8,11-12,15-16,22H,9-10H2,1-3H3,(H,21,23). The number of benzene rings is 2. The second-order valence-electron chi connectivity index (χ2n) is 6.92. The third kappa shape index (κ3) is 4.14. The number of aryl methyl sites for hydroxylation is 2. The van der Waals surface area contributed by atoms with Crippen molar-refractivity contribution in [2.24, 2.45) is 0 Å². The average Bonchev–Trinajstić information content (AvgIpc) is 3.38. The first-order valence-corrected chi connectivity index (χ1v) is 10.3. The van der Waals surface area contributed by atoms with E-state index in [4.69, 9.17) is 0 Å². The summed E-state index contributed by atoms with van der Waals surface area (Å²) >= 11 is 0. The molecule has 5 nitrogen and oxygen atoms in total. The Morgan fingerprint density at radius 3 is 2.42 bits per heavy atom. The number of hydrogen-bond acceptors (Lipinski definition) is 3. The number of amides is 1. The van der Waals surface area contributed by atoms with Crippen molar-refractivity contribution in [1.82, 2.24) is 10.0 Å². The first-order valence-electron chi connectivity index (χ1n) is 8.77. The van der Waals surface area contributed by atoms with Crippen LogP contribution >= 0.6 is 0 Å². The SMILES string of the molecule is Cc1ccc(S(=O)(=O)NC2CC2)cc1C(=O)NC(C)c1ccccc1C. The Labute approximate surface area is 154 Å². The van der Waals surface area contributed by atoms with Crippen LogP contribution in [0.4, 0.5) is 0 Å². The number of hydrogen-bond donors (Lipinski definition) is 2. The van der Waals surface area contributed by atoms with Crippen LogP contribution < -0.4 is 10.0 Å². The molecular weight excluding hydrogens is 348 g/mol. The minimum atomic E-state index is -3.59.